The molecule has 0 N–H and O–H groups in total. The van der Waals surface area contributed by atoms with E-state index in [1.54, 1.807) is 6.92 Å². The molecule has 0 bridgehead atoms. The maximum Gasteiger partial charge on any atom is 0.310 e. The van der Waals surface area contributed by atoms with Gasteiger partial charge >= 0.3 is 5.97 Å². The van der Waals surface area contributed by atoms with Crippen molar-refractivity contribution in [2.45, 2.75) is 25.7 Å². The number of pyridine rings is 1. The van der Waals surface area contributed by atoms with Gasteiger partial charge in [-0.05, 0) is 46.7 Å². The molecular weight excluding hydrogens is 378 g/mol. The van der Waals surface area contributed by atoms with E-state index in [1.165, 1.54) is 6.07 Å². The molecule has 0 fully saturated rings. The van der Waals surface area contributed by atoms with Gasteiger partial charge in [-0.15, -0.1) is 11.6 Å². The normalized spacial score (nSPS) is 10.8. The monoisotopic (exact) mass is 389 g/mol. The van der Waals surface area contributed by atoms with Crippen molar-refractivity contribution < 1.29 is 18.3 Å². The molecule has 0 amide bonds. The lowest BCUT2D eigenvalue weighted by Gasteiger charge is -2.11. The molecule has 1 heterocycles. The molecule has 0 unspecified atom stereocenters. The second-order valence-electron chi connectivity index (χ2n) is 3.40. The lowest BCUT2D eigenvalue weighted by atomic mass is 10.1. The van der Waals surface area contributed by atoms with Crippen molar-refractivity contribution in [2.75, 3.05) is 6.61 Å². The molecule has 0 spiro atoms. The summed E-state index contributed by atoms with van der Waals surface area (Å²) in [5, 5.41) is 0. The number of nitrogens with zero attached hydrogens (tertiary/aromatic N) is 1. The van der Waals surface area contributed by atoms with Crippen LogP contribution in [0.4, 0.5) is 8.78 Å². The largest absolute Gasteiger partial charge is 0.466 e. The van der Waals surface area contributed by atoms with Gasteiger partial charge in [0.25, 0.3) is 6.43 Å². The number of esters is 1. The molecule has 0 radical (unpaired) electrons. The topological polar surface area (TPSA) is 39.2 Å². The van der Waals surface area contributed by atoms with Gasteiger partial charge in [0, 0.05) is 5.88 Å². The van der Waals surface area contributed by atoms with E-state index in [2.05, 4.69) is 4.98 Å². The average Bonchev–Trinajstić information content (AvgIpc) is 2.30. The van der Waals surface area contributed by atoms with Crippen LogP contribution in [0, 0.1) is 3.70 Å². The summed E-state index contributed by atoms with van der Waals surface area (Å²) in [6.45, 7) is 1.87. The third-order valence-electron chi connectivity index (χ3n) is 2.15. The number of halogens is 4. The Bertz CT molecular complexity index is 443. The zero-order valence-corrected chi connectivity index (χ0v) is 12.5. The smallest absolute Gasteiger partial charge is 0.310 e. The van der Waals surface area contributed by atoms with E-state index in [0.717, 1.165) is 0 Å². The molecular formula is C11H11ClF2INO2. The molecule has 7 heteroatoms. The number of hydrogen-bond donors (Lipinski definition) is 0. The maximum absolute atomic E-state index is 12.8. The van der Waals surface area contributed by atoms with Gasteiger partial charge in [-0.1, -0.05) is 0 Å². The van der Waals surface area contributed by atoms with Crippen molar-refractivity contribution in [1.29, 1.82) is 0 Å². The van der Waals surface area contributed by atoms with Crippen LogP contribution in [0.5, 0.6) is 0 Å². The maximum atomic E-state index is 12.8. The van der Waals surface area contributed by atoms with Gasteiger partial charge in [-0.2, -0.15) is 0 Å². The van der Waals surface area contributed by atoms with Crippen LogP contribution in [0.15, 0.2) is 6.07 Å². The zero-order chi connectivity index (χ0) is 13.7. The number of alkyl halides is 3. The van der Waals surface area contributed by atoms with Crippen molar-refractivity contribution in [3.8, 4) is 0 Å². The molecule has 0 saturated heterocycles. The summed E-state index contributed by atoms with van der Waals surface area (Å²) in [6, 6.07) is 1.49. The van der Waals surface area contributed by atoms with Crippen LogP contribution in [0.1, 0.15) is 30.2 Å². The van der Waals surface area contributed by atoms with Gasteiger partial charge in [-0.25, -0.2) is 13.8 Å². The van der Waals surface area contributed by atoms with Gasteiger partial charge in [0.2, 0.25) is 0 Å². The van der Waals surface area contributed by atoms with Crippen LogP contribution in [-0.4, -0.2) is 17.6 Å². The predicted octanol–water partition coefficient (Wildman–Crippen LogP) is 3.47. The fourth-order valence-corrected chi connectivity index (χ4v) is 2.42. The summed E-state index contributed by atoms with van der Waals surface area (Å²) in [7, 11) is 0. The Morgan fingerprint density at radius 2 is 2.22 bits per heavy atom. The summed E-state index contributed by atoms with van der Waals surface area (Å²) in [5.74, 6) is -0.395. The summed E-state index contributed by atoms with van der Waals surface area (Å²) in [6.07, 6.45) is -2.95. The Morgan fingerprint density at radius 3 is 2.72 bits per heavy atom. The Kier molecular flexibility index (Phi) is 6.20. The number of hydrogen-bond acceptors (Lipinski definition) is 3. The first-order chi connectivity index (χ1) is 8.49. The third-order valence-corrected chi connectivity index (χ3v) is 3.37. The quantitative estimate of drug-likeness (QED) is 0.335. The van der Waals surface area contributed by atoms with Gasteiger partial charge in [0.15, 0.2) is 0 Å². The SMILES string of the molecule is CCOC(=O)Cc1cc(CCl)c(I)nc1C(F)F. The lowest BCUT2D eigenvalue weighted by molar-refractivity contribution is -0.142. The minimum absolute atomic E-state index is 0.157. The minimum Gasteiger partial charge on any atom is -0.466 e. The Hall–Kier alpha value is -0.500. The standard InChI is InChI=1S/C11H11ClF2INO2/c1-2-18-8(17)4-6-3-7(5-12)11(15)16-9(6)10(13)14/h3,10H,2,4-5H2,1H3. The lowest BCUT2D eigenvalue weighted by Crippen LogP contribution is -2.12. The van der Waals surface area contributed by atoms with Gasteiger partial charge in [0.05, 0.1) is 13.0 Å². The molecule has 100 valence electrons. The predicted molar refractivity (Wildman–Crippen MR) is 71.8 cm³/mol. The molecule has 0 saturated carbocycles. The number of carbonyl (C=O) groups is 1. The fraction of sp³-hybridized carbons (Fsp3) is 0.455. The Morgan fingerprint density at radius 1 is 1.56 bits per heavy atom. The molecule has 0 aliphatic carbocycles. The highest BCUT2D eigenvalue weighted by Gasteiger charge is 2.20. The second-order valence-corrected chi connectivity index (χ2v) is 4.69. The molecule has 1 rings (SSSR count). The molecule has 0 aliphatic heterocycles. The van der Waals surface area contributed by atoms with E-state index in [1.807, 2.05) is 22.6 Å². The van der Waals surface area contributed by atoms with Gasteiger partial charge in [-0.3, -0.25) is 4.79 Å². The first-order valence-electron chi connectivity index (χ1n) is 5.17. The van der Waals surface area contributed by atoms with E-state index in [-0.39, 0.29) is 30.2 Å². The highest BCUT2D eigenvalue weighted by Crippen LogP contribution is 2.25. The van der Waals surface area contributed by atoms with Crippen molar-refractivity contribution in [3.63, 3.8) is 0 Å². The zero-order valence-electron chi connectivity index (χ0n) is 9.55. The summed E-state index contributed by atoms with van der Waals surface area (Å²) >= 11 is 7.53. The Balaban J connectivity index is 3.10. The van der Waals surface area contributed by atoms with E-state index < -0.39 is 12.4 Å². The van der Waals surface area contributed by atoms with E-state index in [4.69, 9.17) is 16.3 Å². The first kappa shape index (κ1) is 15.6. The van der Waals surface area contributed by atoms with Crippen LogP contribution < -0.4 is 0 Å². The van der Waals surface area contributed by atoms with Crippen LogP contribution in [0.3, 0.4) is 0 Å². The Labute approximate surface area is 122 Å². The molecule has 18 heavy (non-hydrogen) atoms. The molecule has 0 aromatic carbocycles. The van der Waals surface area contributed by atoms with E-state index >= 15 is 0 Å². The van der Waals surface area contributed by atoms with Crippen LogP contribution in [0.25, 0.3) is 0 Å². The highest BCUT2D eigenvalue weighted by molar-refractivity contribution is 14.1. The van der Waals surface area contributed by atoms with Crippen LogP contribution in [0.2, 0.25) is 0 Å². The van der Waals surface area contributed by atoms with E-state index in [0.29, 0.717) is 9.26 Å². The fourth-order valence-electron chi connectivity index (χ4n) is 1.38. The van der Waals surface area contributed by atoms with Crippen LogP contribution >= 0.6 is 34.2 Å². The first-order valence-corrected chi connectivity index (χ1v) is 6.78. The van der Waals surface area contributed by atoms with Gasteiger partial charge < -0.3 is 4.74 Å². The van der Waals surface area contributed by atoms with Crippen molar-refractivity contribution >= 4 is 40.2 Å². The molecule has 0 aliphatic rings. The highest BCUT2D eigenvalue weighted by atomic mass is 127. The van der Waals surface area contributed by atoms with E-state index in [9.17, 15) is 13.6 Å². The van der Waals surface area contributed by atoms with Crippen molar-refractivity contribution in [1.82, 2.24) is 4.98 Å². The molecule has 3 nitrogen and oxygen atoms in total. The van der Waals surface area contributed by atoms with Crippen LogP contribution in [-0.2, 0) is 21.8 Å². The van der Waals surface area contributed by atoms with Crippen molar-refractivity contribution in [2.24, 2.45) is 0 Å². The number of ether oxygens (including phenoxy) is 1. The summed E-state index contributed by atoms with van der Waals surface area (Å²) in [4.78, 5) is 15.1. The molecule has 0 atom stereocenters. The molecule has 1 aromatic rings. The summed E-state index contributed by atoms with van der Waals surface area (Å²) in [5.41, 5.74) is 0.404. The minimum atomic E-state index is -2.73. The number of aromatic nitrogens is 1. The molecule has 1 aromatic heterocycles. The average molecular weight is 390 g/mol. The number of carbonyl (C=O) groups excluding carboxylic acids is 1. The third kappa shape index (κ3) is 4.01. The van der Waals surface area contributed by atoms with Crippen molar-refractivity contribution in [3.05, 3.63) is 26.6 Å². The number of rotatable bonds is 5. The van der Waals surface area contributed by atoms with Gasteiger partial charge in [0.1, 0.15) is 9.39 Å². The second kappa shape index (κ2) is 7.18. The summed E-state index contributed by atoms with van der Waals surface area (Å²) < 4.78 is 30.8.